The van der Waals surface area contributed by atoms with Gasteiger partial charge in [0.1, 0.15) is 5.75 Å². The van der Waals surface area contributed by atoms with Crippen LogP contribution in [-0.4, -0.2) is 49.5 Å². The molecule has 0 amide bonds. The Morgan fingerprint density at radius 1 is 1.07 bits per heavy atom. The van der Waals surface area contributed by atoms with Gasteiger partial charge in [-0.05, 0) is 60.6 Å². The van der Waals surface area contributed by atoms with Crippen LogP contribution in [0, 0.1) is 13.8 Å². The van der Waals surface area contributed by atoms with Crippen LogP contribution in [0.3, 0.4) is 0 Å². The molecule has 146 valence electrons. The van der Waals surface area contributed by atoms with E-state index in [0.717, 1.165) is 38.2 Å². The first kappa shape index (κ1) is 19.9. The summed E-state index contributed by atoms with van der Waals surface area (Å²) in [5.74, 6) is 0.950. The number of aliphatic hydroxyl groups is 1. The van der Waals surface area contributed by atoms with Gasteiger partial charge in [-0.2, -0.15) is 0 Å². The van der Waals surface area contributed by atoms with E-state index >= 15 is 0 Å². The number of benzene rings is 2. The van der Waals surface area contributed by atoms with Gasteiger partial charge in [-0.25, -0.2) is 0 Å². The smallest absolute Gasteiger partial charge is 0.122 e. The van der Waals surface area contributed by atoms with Crippen molar-refractivity contribution in [1.82, 2.24) is 4.90 Å². The Bertz CT molecular complexity index is 759. The lowest BCUT2D eigenvalue weighted by Gasteiger charge is -2.17. The van der Waals surface area contributed by atoms with E-state index in [-0.39, 0.29) is 6.10 Å². The molecule has 0 aromatic heterocycles. The highest BCUT2D eigenvalue weighted by molar-refractivity contribution is 5.73. The molecule has 4 nitrogen and oxygen atoms in total. The molecule has 1 N–H and O–H groups in total. The van der Waals surface area contributed by atoms with Gasteiger partial charge in [0, 0.05) is 26.7 Å². The van der Waals surface area contributed by atoms with Crippen LogP contribution in [0.4, 0.5) is 0 Å². The Balaban J connectivity index is 1.66. The van der Waals surface area contributed by atoms with Crippen molar-refractivity contribution in [2.45, 2.75) is 39.4 Å². The Kier molecular flexibility index (Phi) is 6.89. The first-order valence-electron chi connectivity index (χ1n) is 9.80. The molecule has 0 radical (unpaired) electrons. The van der Waals surface area contributed by atoms with Crippen molar-refractivity contribution in [3.63, 3.8) is 0 Å². The minimum atomic E-state index is -0.151. The second-order valence-electron chi connectivity index (χ2n) is 7.40. The number of ether oxygens (including phenoxy) is 2. The van der Waals surface area contributed by atoms with E-state index in [0.29, 0.717) is 13.2 Å². The molecule has 1 heterocycles. The Morgan fingerprint density at radius 3 is 2.52 bits per heavy atom. The molecule has 1 fully saturated rings. The Labute approximate surface area is 162 Å². The monoisotopic (exact) mass is 369 g/mol. The maximum Gasteiger partial charge on any atom is 0.122 e. The molecule has 3 rings (SSSR count). The van der Waals surface area contributed by atoms with Crippen LogP contribution in [0.2, 0.25) is 0 Å². The second-order valence-corrected chi connectivity index (χ2v) is 7.40. The van der Waals surface area contributed by atoms with Crippen LogP contribution in [0.25, 0.3) is 11.1 Å². The minimum Gasteiger partial charge on any atom is -0.493 e. The molecule has 27 heavy (non-hydrogen) atoms. The number of β-amino-alcohol motifs (C(OH)–C–C–N with tert-alkyl or cyclic N) is 1. The van der Waals surface area contributed by atoms with Crippen LogP contribution in [0.1, 0.15) is 29.5 Å². The fraction of sp³-hybridized carbons (Fsp3) is 0.478. The van der Waals surface area contributed by atoms with E-state index in [1.807, 2.05) is 6.07 Å². The molecule has 0 unspecified atom stereocenters. The number of nitrogens with zero attached hydrogens (tertiary/aromatic N) is 1. The highest BCUT2D eigenvalue weighted by atomic mass is 16.5. The van der Waals surface area contributed by atoms with Gasteiger partial charge in [0.25, 0.3) is 0 Å². The number of hydrogen-bond donors (Lipinski definition) is 1. The minimum absolute atomic E-state index is 0.151. The van der Waals surface area contributed by atoms with Gasteiger partial charge in [-0.3, -0.25) is 0 Å². The molecular weight excluding hydrogens is 338 g/mol. The normalized spacial score (nSPS) is 17.4. The average molecular weight is 370 g/mol. The van der Waals surface area contributed by atoms with Crippen LogP contribution >= 0.6 is 0 Å². The Hall–Kier alpha value is -1.88. The molecule has 0 saturated carbocycles. The van der Waals surface area contributed by atoms with Crippen molar-refractivity contribution in [3.05, 3.63) is 53.1 Å². The summed E-state index contributed by atoms with van der Waals surface area (Å²) in [6.45, 7) is 8.37. The van der Waals surface area contributed by atoms with Gasteiger partial charge < -0.3 is 19.5 Å². The number of rotatable bonds is 8. The summed E-state index contributed by atoms with van der Waals surface area (Å²) < 4.78 is 11.4. The van der Waals surface area contributed by atoms with Gasteiger partial charge in [-0.15, -0.1) is 0 Å². The fourth-order valence-electron chi connectivity index (χ4n) is 3.84. The number of methoxy groups -OCH3 is 1. The van der Waals surface area contributed by atoms with Crippen LogP contribution < -0.4 is 4.74 Å². The predicted molar refractivity (Wildman–Crippen MR) is 109 cm³/mol. The van der Waals surface area contributed by atoms with Crippen molar-refractivity contribution in [2.75, 3.05) is 33.4 Å². The lowest BCUT2D eigenvalue weighted by Crippen LogP contribution is -2.24. The molecule has 1 aliphatic rings. The molecular formula is C23H31NO3. The molecule has 4 heteroatoms. The zero-order chi connectivity index (χ0) is 19.2. The Morgan fingerprint density at radius 2 is 1.81 bits per heavy atom. The zero-order valence-corrected chi connectivity index (χ0v) is 16.7. The lowest BCUT2D eigenvalue weighted by atomic mass is 9.93. The molecule has 0 spiro atoms. The molecule has 0 bridgehead atoms. The predicted octanol–water partition coefficient (Wildman–Crippen LogP) is 3.95. The second kappa shape index (κ2) is 9.36. The highest BCUT2D eigenvalue weighted by Gasteiger charge is 2.19. The summed E-state index contributed by atoms with van der Waals surface area (Å²) in [5.41, 5.74) is 6.09. The number of hydrogen-bond acceptors (Lipinski definition) is 4. The first-order chi connectivity index (χ1) is 13.1. The quantitative estimate of drug-likeness (QED) is 0.716. The van der Waals surface area contributed by atoms with Gasteiger partial charge in [-0.1, -0.05) is 30.3 Å². The molecule has 0 aliphatic carbocycles. The van der Waals surface area contributed by atoms with Crippen molar-refractivity contribution in [2.24, 2.45) is 0 Å². The molecule has 2 aromatic rings. The maximum absolute atomic E-state index is 9.60. The summed E-state index contributed by atoms with van der Waals surface area (Å²) in [6, 6.07) is 12.6. The topological polar surface area (TPSA) is 41.9 Å². The summed E-state index contributed by atoms with van der Waals surface area (Å²) in [4.78, 5) is 2.31. The van der Waals surface area contributed by atoms with E-state index < -0.39 is 0 Å². The zero-order valence-electron chi connectivity index (χ0n) is 16.7. The van der Waals surface area contributed by atoms with Crippen molar-refractivity contribution in [1.29, 1.82) is 0 Å². The third-order valence-corrected chi connectivity index (χ3v) is 5.44. The third-order valence-electron chi connectivity index (χ3n) is 5.44. The van der Waals surface area contributed by atoms with Crippen molar-refractivity contribution >= 4 is 0 Å². The molecule has 1 aliphatic heterocycles. The first-order valence-corrected chi connectivity index (χ1v) is 9.80. The largest absolute Gasteiger partial charge is 0.493 e. The third kappa shape index (κ3) is 4.89. The lowest BCUT2D eigenvalue weighted by molar-refractivity contribution is 0.173. The molecule has 1 atom stereocenters. The average Bonchev–Trinajstić information content (AvgIpc) is 3.07. The summed E-state index contributed by atoms with van der Waals surface area (Å²) in [6.07, 6.45) is 1.71. The van der Waals surface area contributed by atoms with Crippen molar-refractivity contribution in [3.8, 4) is 16.9 Å². The summed E-state index contributed by atoms with van der Waals surface area (Å²) in [7, 11) is 1.73. The van der Waals surface area contributed by atoms with Gasteiger partial charge in [0.2, 0.25) is 0 Å². The van der Waals surface area contributed by atoms with Gasteiger partial charge >= 0.3 is 0 Å². The van der Waals surface area contributed by atoms with E-state index in [1.54, 1.807) is 7.11 Å². The van der Waals surface area contributed by atoms with Gasteiger partial charge in [0.15, 0.2) is 0 Å². The van der Waals surface area contributed by atoms with Crippen LogP contribution in [-0.2, 0) is 11.3 Å². The van der Waals surface area contributed by atoms with Crippen LogP contribution in [0.5, 0.6) is 5.75 Å². The number of aliphatic hydroxyl groups excluding tert-OH is 1. The molecule has 1 saturated heterocycles. The van der Waals surface area contributed by atoms with E-state index in [9.17, 15) is 5.11 Å². The summed E-state index contributed by atoms with van der Waals surface area (Å²) in [5, 5.41) is 9.60. The van der Waals surface area contributed by atoms with Crippen molar-refractivity contribution < 1.29 is 14.6 Å². The highest BCUT2D eigenvalue weighted by Crippen LogP contribution is 2.33. The van der Waals surface area contributed by atoms with E-state index in [1.165, 1.54) is 27.8 Å². The van der Waals surface area contributed by atoms with E-state index in [4.69, 9.17) is 9.47 Å². The van der Waals surface area contributed by atoms with E-state index in [2.05, 4.69) is 49.1 Å². The van der Waals surface area contributed by atoms with Gasteiger partial charge in [0.05, 0.1) is 19.3 Å². The standard InChI is InChI=1S/C23H31NO3/c1-17-19(16-26-3)7-4-8-21(17)22-9-5-10-23(18(22)2)27-14-6-12-24-13-11-20(25)15-24/h4-5,7-10,20,25H,6,11-16H2,1-3H3/t20-/m1/s1. The van der Waals surface area contributed by atoms with Crippen LogP contribution in [0.15, 0.2) is 36.4 Å². The fourth-order valence-corrected chi connectivity index (χ4v) is 3.84. The molecule has 2 aromatic carbocycles. The maximum atomic E-state index is 9.60. The SMILES string of the molecule is COCc1cccc(-c2cccc(OCCCN3CC[C@@H](O)C3)c2C)c1C. The number of likely N-dealkylation sites (tertiary alicyclic amines) is 1. The summed E-state index contributed by atoms with van der Waals surface area (Å²) >= 11 is 0.